The second-order valence-electron chi connectivity index (χ2n) is 7.78. The Bertz CT molecular complexity index is 384. The van der Waals surface area contributed by atoms with Gasteiger partial charge in [-0.25, -0.2) is 0 Å². The lowest BCUT2D eigenvalue weighted by molar-refractivity contribution is -0.128. The van der Waals surface area contributed by atoms with E-state index in [-0.39, 0.29) is 17.7 Å². The minimum atomic E-state index is -0.143. The Hall–Kier alpha value is -1.06. The fraction of sp³-hybridized carbons (Fsp3) is 0.905. The number of carbonyl (C=O) groups excluding carboxylic acids is 2. The van der Waals surface area contributed by atoms with Gasteiger partial charge < -0.3 is 10.2 Å². The standard InChI is InChI=1S/C21H40N2O2/c1-4-6-7-8-9-10-11-12-13-18(3)14-15-22-21(25)19-16-20(24)23(5-2)17-19/h18-19H,4-17H2,1-3H3,(H,22,25). The molecule has 25 heavy (non-hydrogen) atoms. The molecule has 0 aromatic rings. The first-order valence-electron chi connectivity index (χ1n) is 10.6. The molecule has 1 aliphatic rings. The summed E-state index contributed by atoms with van der Waals surface area (Å²) in [6.07, 6.45) is 13.6. The van der Waals surface area contributed by atoms with Gasteiger partial charge in [-0.15, -0.1) is 0 Å². The number of likely N-dealkylation sites (tertiary alicyclic amines) is 1. The summed E-state index contributed by atoms with van der Waals surface area (Å²) in [4.78, 5) is 25.6. The number of carbonyl (C=O) groups is 2. The van der Waals surface area contributed by atoms with Crippen LogP contribution < -0.4 is 5.32 Å². The molecule has 0 saturated carbocycles. The summed E-state index contributed by atoms with van der Waals surface area (Å²) >= 11 is 0. The molecule has 1 fully saturated rings. The number of rotatable bonds is 14. The quantitative estimate of drug-likeness (QED) is 0.467. The predicted octanol–water partition coefficient (Wildman–Crippen LogP) is 4.53. The molecule has 0 aliphatic carbocycles. The van der Waals surface area contributed by atoms with E-state index in [1.165, 1.54) is 57.8 Å². The zero-order valence-corrected chi connectivity index (χ0v) is 16.8. The molecule has 1 aliphatic heterocycles. The van der Waals surface area contributed by atoms with Crippen molar-refractivity contribution in [3.05, 3.63) is 0 Å². The minimum Gasteiger partial charge on any atom is -0.356 e. The van der Waals surface area contributed by atoms with Crippen molar-refractivity contribution in [2.75, 3.05) is 19.6 Å². The monoisotopic (exact) mass is 352 g/mol. The van der Waals surface area contributed by atoms with Crippen molar-refractivity contribution in [1.29, 1.82) is 0 Å². The number of hydrogen-bond donors (Lipinski definition) is 1. The van der Waals surface area contributed by atoms with Crippen molar-refractivity contribution >= 4 is 11.8 Å². The lowest BCUT2D eigenvalue weighted by atomic mass is 9.98. The molecule has 1 heterocycles. The maximum atomic E-state index is 12.2. The summed E-state index contributed by atoms with van der Waals surface area (Å²) in [7, 11) is 0. The van der Waals surface area contributed by atoms with Gasteiger partial charge in [-0.2, -0.15) is 0 Å². The van der Waals surface area contributed by atoms with Crippen LogP contribution in [0.25, 0.3) is 0 Å². The molecule has 0 radical (unpaired) electrons. The van der Waals surface area contributed by atoms with E-state index >= 15 is 0 Å². The summed E-state index contributed by atoms with van der Waals surface area (Å²) in [5.74, 6) is 0.697. The Kier molecular flexibility index (Phi) is 11.6. The summed E-state index contributed by atoms with van der Waals surface area (Å²) < 4.78 is 0. The highest BCUT2D eigenvalue weighted by molar-refractivity contribution is 5.89. The first-order valence-corrected chi connectivity index (χ1v) is 10.6. The highest BCUT2D eigenvalue weighted by Gasteiger charge is 2.33. The maximum Gasteiger partial charge on any atom is 0.225 e. The molecule has 1 rings (SSSR count). The molecule has 146 valence electrons. The molecule has 2 unspecified atom stereocenters. The van der Waals surface area contributed by atoms with E-state index in [0.717, 1.165) is 13.0 Å². The van der Waals surface area contributed by atoms with Crippen molar-refractivity contribution in [2.45, 2.75) is 91.4 Å². The lowest BCUT2D eigenvalue weighted by Crippen LogP contribution is -2.34. The van der Waals surface area contributed by atoms with Gasteiger partial charge in [0.25, 0.3) is 0 Å². The lowest BCUT2D eigenvalue weighted by Gasteiger charge is -2.15. The molecule has 2 amide bonds. The van der Waals surface area contributed by atoms with Crippen molar-refractivity contribution in [2.24, 2.45) is 11.8 Å². The van der Waals surface area contributed by atoms with Crippen LogP contribution in [0, 0.1) is 11.8 Å². The number of nitrogens with zero attached hydrogens (tertiary/aromatic N) is 1. The average molecular weight is 353 g/mol. The summed E-state index contributed by atoms with van der Waals surface area (Å²) in [5, 5.41) is 3.03. The van der Waals surface area contributed by atoms with Crippen molar-refractivity contribution < 1.29 is 9.59 Å². The van der Waals surface area contributed by atoms with Gasteiger partial charge in [0.1, 0.15) is 0 Å². The molecule has 4 heteroatoms. The smallest absolute Gasteiger partial charge is 0.225 e. The molecule has 2 atom stereocenters. The number of amides is 2. The van der Waals surface area contributed by atoms with E-state index in [1.54, 1.807) is 4.90 Å². The third-order valence-electron chi connectivity index (χ3n) is 5.45. The first kappa shape index (κ1) is 22.0. The van der Waals surface area contributed by atoms with Crippen molar-refractivity contribution in [3.8, 4) is 0 Å². The molecule has 0 aromatic heterocycles. The second kappa shape index (κ2) is 13.2. The number of hydrogen-bond acceptors (Lipinski definition) is 2. The third-order valence-corrected chi connectivity index (χ3v) is 5.45. The zero-order chi connectivity index (χ0) is 18.5. The van der Waals surface area contributed by atoms with Crippen LogP contribution in [0.4, 0.5) is 0 Å². The van der Waals surface area contributed by atoms with E-state index in [2.05, 4.69) is 19.2 Å². The van der Waals surface area contributed by atoms with Crippen LogP contribution >= 0.6 is 0 Å². The number of nitrogens with one attached hydrogen (secondary N) is 1. The van der Waals surface area contributed by atoms with E-state index in [0.29, 0.717) is 25.4 Å². The summed E-state index contributed by atoms with van der Waals surface area (Å²) in [6, 6.07) is 0. The Morgan fingerprint density at radius 3 is 2.32 bits per heavy atom. The van der Waals surface area contributed by atoms with Gasteiger partial charge in [-0.3, -0.25) is 9.59 Å². The Balaban J connectivity index is 1.99. The molecule has 1 saturated heterocycles. The summed E-state index contributed by atoms with van der Waals surface area (Å²) in [6.45, 7) is 8.55. The Labute approximate surface area is 155 Å². The van der Waals surface area contributed by atoms with Gasteiger partial charge >= 0.3 is 0 Å². The Morgan fingerprint density at radius 1 is 1.08 bits per heavy atom. The molecule has 0 spiro atoms. The number of unbranched alkanes of at least 4 members (excludes halogenated alkanes) is 7. The van der Waals surface area contributed by atoms with Crippen molar-refractivity contribution in [1.82, 2.24) is 10.2 Å². The summed E-state index contributed by atoms with van der Waals surface area (Å²) in [5.41, 5.74) is 0. The molecular formula is C21H40N2O2. The van der Waals surface area contributed by atoms with Gasteiger partial charge in [-0.05, 0) is 19.3 Å². The van der Waals surface area contributed by atoms with Gasteiger partial charge in [0.15, 0.2) is 0 Å². The molecule has 1 N–H and O–H groups in total. The van der Waals surface area contributed by atoms with Crippen LogP contribution in [0.5, 0.6) is 0 Å². The molecular weight excluding hydrogens is 312 g/mol. The van der Waals surface area contributed by atoms with Crippen LogP contribution in [-0.2, 0) is 9.59 Å². The average Bonchev–Trinajstić information content (AvgIpc) is 2.98. The highest BCUT2D eigenvalue weighted by Crippen LogP contribution is 2.18. The van der Waals surface area contributed by atoms with Gasteiger partial charge in [-0.1, -0.05) is 71.6 Å². The maximum absolute atomic E-state index is 12.2. The molecule has 0 bridgehead atoms. The van der Waals surface area contributed by atoms with E-state index in [4.69, 9.17) is 0 Å². The second-order valence-corrected chi connectivity index (χ2v) is 7.78. The third kappa shape index (κ3) is 9.27. The molecule has 4 nitrogen and oxygen atoms in total. The predicted molar refractivity (Wildman–Crippen MR) is 104 cm³/mol. The van der Waals surface area contributed by atoms with Gasteiger partial charge in [0.2, 0.25) is 11.8 Å². The normalized spacial score (nSPS) is 18.6. The van der Waals surface area contributed by atoms with Gasteiger partial charge in [0, 0.05) is 26.1 Å². The van der Waals surface area contributed by atoms with Crippen LogP contribution in [-0.4, -0.2) is 36.3 Å². The topological polar surface area (TPSA) is 49.4 Å². The fourth-order valence-electron chi connectivity index (χ4n) is 3.61. The molecule has 0 aromatic carbocycles. The highest BCUT2D eigenvalue weighted by atomic mass is 16.2. The fourth-order valence-corrected chi connectivity index (χ4v) is 3.61. The van der Waals surface area contributed by atoms with Crippen LogP contribution in [0.1, 0.15) is 91.4 Å². The van der Waals surface area contributed by atoms with Crippen molar-refractivity contribution in [3.63, 3.8) is 0 Å². The van der Waals surface area contributed by atoms with E-state index in [1.807, 2.05) is 6.92 Å². The zero-order valence-electron chi connectivity index (χ0n) is 16.8. The Morgan fingerprint density at radius 2 is 1.72 bits per heavy atom. The van der Waals surface area contributed by atoms with Gasteiger partial charge in [0.05, 0.1) is 5.92 Å². The van der Waals surface area contributed by atoms with E-state index < -0.39 is 0 Å². The SMILES string of the molecule is CCCCCCCCCCC(C)CCNC(=O)C1CC(=O)N(CC)C1. The van der Waals surface area contributed by atoms with E-state index in [9.17, 15) is 9.59 Å². The first-order chi connectivity index (χ1) is 12.1. The van der Waals surface area contributed by atoms with Crippen LogP contribution in [0.2, 0.25) is 0 Å². The van der Waals surface area contributed by atoms with Crippen LogP contribution in [0.15, 0.2) is 0 Å². The largest absolute Gasteiger partial charge is 0.356 e. The minimum absolute atomic E-state index is 0.0589. The van der Waals surface area contributed by atoms with Crippen LogP contribution in [0.3, 0.4) is 0 Å².